The molecule has 1 aromatic rings. The molecule has 0 radical (unpaired) electrons. The van der Waals surface area contributed by atoms with Crippen LogP contribution in [0.4, 0.5) is 0 Å². The molecule has 4 nitrogen and oxygen atoms in total. The maximum atomic E-state index is 12.3. The Morgan fingerprint density at radius 2 is 2.20 bits per heavy atom. The van der Waals surface area contributed by atoms with Crippen molar-refractivity contribution in [1.29, 1.82) is 0 Å². The van der Waals surface area contributed by atoms with Gasteiger partial charge >= 0.3 is 0 Å². The summed E-state index contributed by atoms with van der Waals surface area (Å²) in [6.07, 6.45) is 1.53. The molecule has 7 heteroatoms. The first-order chi connectivity index (χ1) is 9.42. The molecule has 0 aliphatic rings. The summed E-state index contributed by atoms with van der Waals surface area (Å²) >= 11 is 4.51. The molecule has 0 spiro atoms. The second kappa shape index (κ2) is 8.48. The first-order valence-electron chi connectivity index (χ1n) is 6.72. The molecule has 0 amide bonds. The summed E-state index contributed by atoms with van der Waals surface area (Å²) in [5, 5.41) is 12.8. The standard InChI is InChI=1S/C13H22BrNO3S2/c1-3-10(2)13(11(16)6-4-8-14)15-20(17,18)12-7-5-9-19-12/h5,7,9-11,13,15-16H,3-4,6,8H2,1-2H3/t10-,11-,13-/m0/s1. The van der Waals surface area contributed by atoms with Gasteiger partial charge in [0.25, 0.3) is 0 Å². The van der Waals surface area contributed by atoms with Gasteiger partial charge in [-0.1, -0.05) is 42.3 Å². The summed E-state index contributed by atoms with van der Waals surface area (Å²) < 4.78 is 27.5. The van der Waals surface area contributed by atoms with Gasteiger partial charge in [-0.2, -0.15) is 0 Å². The fourth-order valence-corrected chi connectivity index (χ4v) is 4.66. The third-order valence-electron chi connectivity index (χ3n) is 3.36. The lowest BCUT2D eigenvalue weighted by atomic mass is 9.93. The van der Waals surface area contributed by atoms with E-state index in [0.29, 0.717) is 10.6 Å². The van der Waals surface area contributed by atoms with E-state index in [-0.39, 0.29) is 5.92 Å². The second-order valence-electron chi connectivity index (χ2n) is 4.86. The molecule has 0 aliphatic carbocycles. The third-order valence-corrected chi connectivity index (χ3v) is 6.77. The number of sulfonamides is 1. The molecule has 1 heterocycles. The first-order valence-corrected chi connectivity index (χ1v) is 10.2. The van der Waals surface area contributed by atoms with Gasteiger partial charge in [-0.3, -0.25) is 0 Å². The van der Waals surface area contributed by atoms with Crippen LogP contribution in [0.15, 0.2) is 21.7 Å². The van der Waals surface area contributed by atoms with Crippen molar-refractivity contribution >= 4 is 37.3 Å². The van der Waals surface area contributed by atoms with E-state index in [9.17, 15) is 13.5 Å². The lowest BCUT2D eigenvalue weighted by Gasteiger charge is -2.28. The number of hydrogen-bond acceptors (Lipinski definition) is 4. The van der Waals surface area contributed by atoms with E-state index in [1.165, 1.54) is 11.3 Å². The largest absolute Gasteiger partial charge is 0.391 e. The van der Waals surface area contributed by atoms with Crippen LogP contribution in [0.25, 0.3) is 0 Å². The van der Waals surface area contributed by atoms with Crippen LogP contribution in [0.1, 0.15) is 33.1 Å². The molecule has 0 bridgehead atoms. The van der Waals surface area contributed by atoms with Crippen LogP contribution in [-0.2, 0) is 10.0 Å². The molecule has 0 aromatic carbocycles. The topological polar surface area (TPSA) is 66.4 Å². The van der Waals surface area contributed by atoms with Crippen molar-refractivity contribution in [3.63, 3.8) is 0 Å². The van der Waals surface area contributed by atoms with Crippen LogP contribution in [-0.4, -0.2) is 31.0 Å². The number of thiophene rings is 1. The van der Waals surface area contributed by atoms with E-state index >= 15 is 0 Å². The van der Waals surface area contributed by atoms with Crippen LogP contribution in [0.5, 0.6) is 0 Å². The minimum atomic E-state index is -3.54. The summed E-state index contributed by atoms with van der Waals surface area (Å²) in [4.78, 5) is 0. The Morgan fingerprint density at radius 1 is 1.50 bits per heavy atom. The van der Waals surface area contributed by atoms with Crippen molar-refractivity contribution in [2.75, 3.05) is 5.33 Å². The Hall–Kier alpha value is 0.0500. The third kappa shape index (κ3) is 5.11. The van der Waals surface area contributed by atoms with Crippen molar-refractivity contribution in [3.8, 4) is 0 Å². The predicted octanol–water partition coefficient (Wildman–Crippen LogP) is 2.98. The van der Waals surface area contributed by atoms with Gasteiger partial charge < -0.3 is 5.11 Å². The molecular formula is C13H22BrNO3S2. The van der Waals surface area contributed by atoms with E-state index in [2.05, 4.69) is 20.7 Å². The van der Waals surface area contributed by atoms with Gasteiger partial charge in [0.2, 0.25) is 10.0 Å². The number of alkyl halides is 1. The van der Waals surface area contributed by atoms with Gasteiger partial charge in [-0.15, -0.1) is 11.3 Å². The van der Waals surface area contributed by atoms with Crippen molar-refractivity contribution in [2.24, 2.45) is 5.92 Å². The number of aliphatic hydroxyl groups excluding tert-OH is 1. The van der Waals surface area contributed by atoms with Gasteiger partial charge in [0.05, 0.1) is 12.1 Å². The van der Waals surface area contributed by atoms with Crippen LogP contribution >= 0.6 is 27.3 Å². The Labute approximate surface area is 133 Å². The molecule has 2 N–H and O–H groups in total. The highest BCUT2D eigenvalue weighted by atomic mass is 79.9. The normalized spacial score (nSPS) is 16.8. The smallest absolute Gasteiger partial charge is 0.250 e. The zero-order chi connectivity index (χ0) is 15.2. The Bertz CT molecular complexity index is 476. The van der Waals surface area contributed by atoms with E-state index < -0.39 is 22.2 Å². The van der Waals surface area contributed by atoms with E-state index in [0.717, 1.165) is 18.2 Å². The Kier molecular flexibility index (Phi) is 7.68. The number of nitrogens with one attached hydrogen (secondary N) is 1. The highest BCUT2D eigenvalue weighted by Crippen LogP contribution is 2.21. The second-order valence-corrected chi connectivity index (χ2v) is 8.54. The highest BCUT2D eigenvalue weighted by molar-refractivity contribution is 9.09. The quantitative estimate of drug-likeness (QED) is 0.644. The van der Waals surface area contributed by atoms with Crippen LogP contribution in [0.2, 0.25) is 0 Å². The van der Waals surface area contributed by atoms with Gasteiger partial charge in [0.1, 0.15) is 4.21 Å². The average molecular weight is 384 g/mol. The Balaban J connectivity index is 2.84. The van der Waals surface area contributed by atoms with Crippen molar-refractivity contribution in [1.82, 2.24) is 4.72 Å². The molecule has 0 saturated heterocycles. The molecule has 1 aromatic heterocycles. The van der Waals surface area contributed by atoms with Crippen molar-refractivity contribution < 1.29 is 13.5 Å². The van der Waals surface area contributed by atoms with Crippen molar-refractivity contribution in [3.05, 3.63) is 17.5 Å². The monoisotopic (exact) mass is 383 g/mol. The zero-order valence-corrected chi connectivity index (χ0v) is 15.0. The molecule has 0 unspecified atom stereocenters. The fraction of sp³-hybridized carbons (Fsp3) is 0.692. The maximum absolute atomic E-state index is 12.3. The molecule has 3 atom stereocenters. The van der Waals surface area contributed by atoms with Gasteiger partial charge in [0.15, 0.2) is 0 Å². The lowest BCUT2D eigenvalue weighted by molar-refractivity contribution is 0.102. The summed E-state index contributed by atoms with van der Waals surface area (Å²) in [5.74, 6) is 0.0788. The number of hydrogen-bond donors (Lipinski definition) is 2. The van der Waals surface area contributed by atoms with Crippen LogP contribution < -0.4 is 4.72 Å². The molecule has 0 saturated carbocycles. The van der Waals surface area contributed by atoms with Gasteiger partial charge in [-0.05, 0) is 30.2 Å². The molecule has 0 fully saturated rings. The lowest BCUT2D eigenvalue weighted by Crippen LogP contribution is -2.47. The maximum Gasteiger partial charge on any atom is 0.250 e. The van der Waals surface area contributed by atoms with Gasteiger partial charge in [0, 0.05) is 5.33 Å². The molecule has 1 rings (SSSR count). The number of aliphatic hydroxyl groups is 1. The predicted molar refractivity (Wildman–Crippen MR) is 86.9 cm³/mol. The molecule has 116 valence electrons. The molecule has 20 heavy (non-hydrogen) atoms. The van der Waals surface area contributed by atoms with Gasteiger partial charge in [-0.25, -0.2) is 13.1 Å². The number of halogens is 1. The van der Waals surface area contributed by atoms with Crippen LogP contribution in [0.3, 0.4) is 0 Å². The molecular weight excluding hydrogens is 362 g/mol. The zero-order valence-electron chi connectivity index (χ0n) is 11.8. The van der Waals surface area contributed by atoms with Crippen molar-refractivity contribution in [2.45, 2.75) is 49.5 Å². The Morgan fingerprint density at radius 3 is 2.70 bits per heavy atom. The number of rotatable bonds is 9. The summed E-state index contributed by atoms with van der Waals surface area (Å²) in [5.41, 5.74) is 0. The summed E-state index contributed by atoms with van der Waals surface area (Å²) in [7, 11) is -3.54. The summed E-state index contributed by atoms with van der Waals surface area (Å²) in [6.45, 7) is 3.95. The fourth-order valence-electron chi connectivity index (χ4n) is 1.95. The SMILES string of the molecule is CC[C@H](C)[C@H](NS(=O)(=O)c1cccs1)[C@@H](O)CCCBr. The van der Waals surface area contributed by atoms with Crippen LogP contribution in [0, 0.1) is 5.92 Å². The minimum Gasteiger partial charge on any atom is -0.391 e. The molecule has 0 aliphatic heterocycles. The summed E-state index contributed by atoms with van der Waals surface area (Å²) in [6, 6.07) is 2.83. The first kappa shape index (κ1) is 18.1. The highest BCUT2D eigenvalue weighted by Gasteiger charge is 2.29. The van der Waals surface area contributed by atoms with E-state index in [1.54, 1.807) is 17.5 Å². The van der Waals surface area contributed by atoms with E-state index in [4.69, 9.17) is 0 Å². The average Bonchev–Trinajstić information content (AvgIpc) is 2.96. The van der Waals surface area contributed by atoms with E-state index in [1.807, 2.05) is 13.8 Å². The minimum absolute atomic E-state index is 0.0788.